The number of benzene rings is 2. The fourth-order valence-electron chi connectivity index (χ4n) is 2.62. The zero-order valence-corrected chi connectivity index (χ0v) is 14.4. The van der Waals surface area contributed by atoms with Crippen LogP contribution >= 0.6 is 11.6 Å². The Morgan fingerprint density at radius 1 is 1.17 bits per heavy atom. The van der Waals surface area contributed by atoms with Crippen LogP contribution in [0.25, 0.3) is 0 Å². The number of halogens is 1. The van der Waals surface area contributed by atoms with E-state index in [-0.39, 0.29) is 19.2 Å². The lowest BCUT2D eigenvalue weighted by Gasteiger charge is -2.13. The van der Waals surface area contributed by atoms with Gasteiger partial charge in [-0.3, -0.25) is 4.79 Å². The number of hydrogen-bond acceptors (Lipinski definition) is 4. The third-order valence-electron chi connectivity index (χ3n) is 3.78. The molecule has 0 fully saturated rings. The minimum absolute atomic E-state index is 0.108. The molecule has 126 valence electrons. The maximum Gasteiger partial charge on any atom is 0.239 e. The fraction of sp³-hybridized carbons (Fsp3) is 0.278. The molecule has 1 aliphatic rings. The van der Waals surface area contributed by atoms with Gasteiger partial charge in [0.15, 0.2) is 11.5 Å². The Bertz CT molecular complexity index is 754. The van der Waals surface area contributed by atoms with E-state index in [0.717, 1.165) is 28.1 Å². The highest BCUT2D eigenvalue weighted by Crippen LogP contribution is 2.32. The van der Waals surface area contributed by atoms with Crippen molar-refractivity contribution in [1.29, 1.82) is 0 Å². The van der Waals surface area contributed by atoms with Gasteiger partial charge >= 0.3 is 0 Å². The molecule has 1 amide bonds. The van der Waals surface area contributed by atoms with Gasteiger partial charge in [0.25, 0.3) is 0 Å². The van der Waals surface area contributed by atoms with Gasteiger partial charge in [0.2, 0.25) is 12.7 Å². The molecular formula is C18H19ClN2O3. The van der Waals surface area contributed by atoms with Crippen LogP contribution in [0.5, 0.6) is 11.5 Å². The van der Waals surface area contributed by atoms with Crippen molar-refractivity contribution in [2.75, 3.05) is 18.7 Å². The summed E-state index contributed by atoms with van der Waals surface area (Å²) in [7, 11) is 0. The van der Waals surface area contributed by atoms with Gasteiger partial charge in [0.1, 0.15) is 0 Å². The quantitative estimate of drug-likeness (QED) is 0.871. The average molecular weight is 347 g/mol. The summed E-state index contributed by atoms with van der Waals surface area (Å²) in [5.41, 5.74) is 3.86. The molecule has 0 radical (unpaired) electrons. The standard InChI is InChI=1S/C18H19ClN2O3/c1-11-5-12(2)18(14(19)6-11)21-9-17(22)20-8-13-3-4-15-16(7-13)24-10-23-15/h3-7,21H,8-10H2,1-2H3,(H,20,22). The van der Waals surface area contributed by atoms with Crippen LogP contribution in [0, 0.1) is 13.8 Å². The Kier molecular flexibility index (Phi) is 4.81. The third kappa shape index (κ3) is 3.74. The lowest BCUT2D eigenvalue weighted by molar-refractivity contribution is -0.119. The van der Waals surface area contributed by atoms with E-state index in [9.17, 15) is 4.79 Å². The van der Waals surface area contributed by atoms with E-state index in [1.165, 1.54) is 0 Å². The minimum Gasteiger partial charge on any atom is -0.454 e. The number of aryl methyl sites for hydroxylation is 2. The van der Waals surface area contributed by atoms with Crippen LogP contribution in [0.4, 0.5) is 5.69 Å². The van der Waals surface area contributed by atoms with Gasteiger partial charge in [-0.05, 0) is 48.7 Å². The normalized spacial score (nSPS) is 12.1. The summed E-state index contributed by atoms with van der Waals surface area (Å²) in [6.45, 7) is 4.78. The molecule has 0 unspecified atom stereocenters. The first-order valence-corrected chi connectivity index (χ1v) is 8.06. The molecule has 5 nitrogen and oxygen atoms in total. The first-order chi connectivity index (χ1) is 11.5. The largest absolute Gasteiger partial charge is 0.454 e. The SMILES string of the molecule is Cc1cc(C)c(NCC(=O)NCc2ccc3c(c2)OCO3)c(Cl)c1. The Morgan fingerprint density at radius 2 is 1.96 bits per heavy atom. The average Bonchev–Trinajstić information content (AvgIpc) is 2.99. The molecule has 0 bridgehead atoms. The predicted octanol–water partition coefficient (Wildman–Crippen LogP) is 3.41. The Labute approximate surface area is 145 Å². The van der Waals surface area contributed by atoms with Crippen LogP contribution in [-0.2, 0) is 11.3 Å². The molecule has 0 aromatic heterocycles. The molecule has 0 saturated heterocycles. The molecule has 2 N–H and O–H groups in total. The van der Waals surface area contributed by atoms with E-state index in [1.54, 1.807) is 0 Å². The van der Waals surface area contributed by atoms with E-state index in [2.05, 4.69) is 10.6 Å². The molecule has 6 heteroatoms. The predicted molar refractivity (Wildman–Crippen MR) is 93.8 cm³/mol. The van der Waals surface area contributed by atoms with Crippen molar-refractivity contribution in [3.63, 3.8) is 0 Å². The second-order valence-electron chi connectivity index (χ2n) is 5.76. The maximum atomic E-state index is 12.0. The molecule has 0 spiro atoms. The summed E-state index contributed by atoms with van der Waals surface area (Å²) in [5.74, 6) is 1.34. The Morgan fingerprint density at radius 3 is 2.75 bits per heavy atom. The molecule has 3 rings (SSSR count). The number of hydrogen-bond donors (Lipinski definition) is 2. The van der Waals surface area contributed by atoms with E-state index in [0.29, 0.717) is 17.3 Å². The number of fused-ring (bicyclic) bond motifs is 1. The number of nitrogens with one attached hydrogen (secondary N) is 2. The molecule has 1 heterocycles. The van der Waals surface area contributed by atoms with E-state index in [4.69, 9.17) is 21.1 Å². The monoisotopic (exact) mass is 346 g/mol. The van der Waals surface area contributed by atoms with Crippen LogP contribution in [0.15, 0.2) is 30.3 Å². The van der Waals surface area contributed by atoms with Gasteiger partial charge in [-0.15, -0.1) is 0 Å². The van der Waals surface area contributed by atoms with E-state index >= 15 is 0 Å². The molecule has 24 heavy (non-hydrogen) atoms. The van der Waals surface area contributed by atoms with Crippen molar-refractivity contribution in [3.05, 3.63) is 52.0 Å². The lowest BCUT2D eigenvalue weighted by Crippen LogP contribution is -2.29. The highest BCUT2D eigenvalue weighted by Gasteiger charge is 2.13. The summed E-state index contributed by atoms with van der Waals surface area (Å²) in [4.78, 5) is 12.0. The minimum atomic E-state index is -0.108. The van der Waals surface area contributed by atoms with E-state index in [1.807, 2.05) is 44.2 Å². The lowest BCUT2D eigenvalue weighted by atomic mass is 10.1. The van der Waals surface area contributed by atoms with Crippen molar-refractivity contribution < 1.29 is 14.3 Å². The second kappa shape index (κ2) is 7.01. The third-order valence-corrected chi connectivity index (χ3v) is 4.08. The van der Waals surface area contributed by atoms with Crippen molar-refractivity contribution >= 4 is 23.2 Å². The second-order valence-corrected chi connectivity index (χ2v) is 6.16. The number of rotatable bonds is 5. The van der Waals surface area contributed by atoms with Crippen LogP contribution in [0.3, 0.4) is 0 Å². The van der Waals surface area contributed by atoms with Gasteiger partial charge in [-0.2, -0.15) is 0 Å². The molecule has 0 aliphatic carbocycles. The van der Waals surface area contributed by atoms with Gasteiger partial charge in [-0.1, -0.05) is 23.7 Å². The molecule has 0 saturated carbocycles. The van der Waals surface area contributed by atoms with Crippen LogP contribution in [0.1, 0.15) is 16.7 Å². The Hall–Kier alpha value is -2.40. The fourth-order valence-corrected chi connectivity index (χ4v) is 3.01. The molecular weight excluding hydrogens is 328 g/mol. The highest BCUT2D eigenvalue weighted by atomic mass is 35.5. The number of carbonyl (C=O) groups is 1. The first kappa shape index (κ1) is 16.5. The Balaban J connectivity index is 1.53. The zero-order chi connectivity index (χ0) is 17.1. The summed E-state index contributed by atoms with van der Waals surface area (Å²) in [5, 5.41) is 6.59. The van der Waals surface area contributed by atoms with Crippen LogP contribution in [0.2, 0.25) is 5.02 Å². The van der Waals surface area contributed by atoms with Crippen molar-refractivity contribution in [2.24, 2.45) is 0 Å². The summed E-state index contributed by atoms with van der Waals surface area (Å²) in [6.07, 6.45) is 0. The number of amides is 1. The topological polar surface area (TPSA) is 59.6 Å². The molecule has 2 aromatic carbocycles. The summed E-state index contributed by atoms with van der Waals surface area (Å²) >= 11 is 6.23. The molecule has 0 atom stereocenters. The van der Waals surface area contributed by atoms with Gasteiger partial charge < -0.3 is 20.1 Å². The number of carbonyl (C=O) groups excluding carboxylic acids is 1. The van der Waals surface area contributed by atoms with Gasteiger partial charge in [0.05, 0.1) is 17.3 Å². The zero-order valence-electron chi connectivity index (χ0n) is 13.6. The smallest absolute Gasteiger partial charge is 0.239 e. The van der Waals surface area contributed by atoms with Crippen molar-refractivity contribution in [1.82, 2.24) is 5.32 Å². The highest BCUT2D eigenvalue weighted by molar-refractivity contribution is 6.33. The van der Waals surface area contributed by atoms with Crippen LogP contribution < -0.4 is 20.1 Å². The summed E-state index contributed by atoms with van der Waals surface area (Å²) in [6, 6.07) is 9.52. The number of ether oxygens (including phenoxy) is 2. The van der Waals surface area contributed by atoms with E-state index < -0.39 is 0 Å². The molecule has 2 aromatic rings. The number of anilines is 1. The summed E-state index contributed by atoms with van der Waals surface area (Å²) < 4.78 is 10.6. The van der Waals surface area contributed by atoms with Crippen LogP contribution in [-0.4, -0.2) is 19.2 Å². The first-order valence-electron chi connectivity index (χ1n) is 7.69. The van der Waals surface area contributed by atoms with Gasteiger partial charge in [0, 0.05) is 6.54 Å². The van der Waals surface area contributed by atoms with Gasteiger partial charge in [-0.25, -0.2) is 0 Å². The van der Waals surface area contributed by atoms with Crippen molar-refractivity contribution in [3.8, 4) is 11.5 Å². The maximum absolute atomic E-state index is 12.0. The molecule has 1 aliphatic heterocycles. The van der Waals surface area contributed by atoms with Crippen molar-refractivity contribution in [2.45, 2.75) is 20.4 Å².